The van der Waals surface area contributed by atoms with Crippen LogP contribution in [0.3, 0.4) is 0 Å². The van der Waals surface area contributed by atoms with Crippen LogP contribution in [0.15, 0.2) is 60.7 Å². The van der Waals surface area contributed by atoms with E-state index in [0.717, 1.165) is 11.3 Å². The van der Waals surface area contributed by atoms with Gasteiger partial charge in [-0.25, -0.2) is 4.79 Å². The Morgan fingerprint density at radius 1 is 0.931 bits per heavy atom. The van der Waals surface area contributed by atoms with E-state index in [9.17, 15) is 14.4 Å². The molecule has 0 radical (unpaired) electrons. The summed E-state index contributed by atoms with van der Waals surface area (Å²) >= 11 is 0.986. The van der Waals surface area contributed by atoms with Crippen molar-refractivity contribution in [2.75, 3.05) is 11.9 Å². The second-order valence-electron chi connectivity index (χ2n) is 5.79. The highest BCUT2D eigenvalue weighted by Crippen LogP contribution is 2.24. The minimum absolute atomic E-state index is 0.146. The van der Waals surface area contributed by atoms with E-state index < -0.39 is 17.9 Å². The number of hydrogen-bond acceptors (Lipinski definition) is 7. The number of amides is 2. The molecule has 1 atom stereocenters. The van der Waals surface area contributed by atoms with Crippen molar-refractivity contribution in [1.82, 2.24) is 15.5 Å². The maximum atomic E-state index is 12.5. The number of aromatic nitrogens is 2. The molecule has 0 saturated heterocycles. The quantitative estimate of drug-likeness (QED) is 0.580. The van der Waals surface area contributed by atoms with E-state index in [-0.39, 0.29) is 22.7 Å². The second-order valence-corrected chi connectivity index (χ2v) is 6.80. The smallest absolute Gasteiger partial charge is 0.335 e. The lowest BCUT2D eigenvalue weighted by molar-refractivity contribution is -0.145. The van der Waals surface area contributed by atoms with Crippen LogP contribution in [0.25, 0.3) is 0 Å². The standard InChI is InChI=1S/C20H18N4O4S/c1-2-28-19(27)15(21-16(25)13-9-5-3-6-10-13)18-23-24-20(29-18)22-17(26)14-11-7-4-8-12-14/h3-12,15H,2H2,1H3,(H,21,25)(H,22,24,26)/t15-/m1/s1. The van der Waals surface area contributed by atoms with Gasteiger partial charge in [0.05, 0.1) is 6.61 Å². The molecule has 0 aliphatic carbocycles. The Kier molecular flexibility index (Phi) is 6.64. The molecule has 0 aliphatic heterocycles. The van der Waals surface area contributed by atoms with Gasteiger partial charge in [-0.15, -0.1) is 10.2 Å². The molecule has 3 aromatic rings. The molecule has 1 aromatic heterocycles. The Morgan fingerprint density at radius 3 is 2.10 bits per heavy atom. The molecule has 3 rings (SSSR count). The van der Waals surface area contributed by atoms with Gasteiger partial charge in [-0.3, -0.25) is 14.9 Å². The van der Waals surface area contributed by atoms with E-state index in [0.29, 0.717) is 11.1 Å². The molecule has 0 unspecified atom stereocenters. The lowest BCUT2D eigenvalue weighted by Gasteiger charge is -2.14. The fourth-order valence-corrected chi connectivity index (χ4v) is 3.19. The molecule has 148 valence electrons. The van der Waals surface area contributed by atoms with Gasteiger partial charge < -0.3 is 10.1 Å². The molecule has 0 saturated carbocycles. The molecule has 2 amide bonds. The van der Waals surface area contributed by atoms with Crippen molar-refractivity contribution in [1.29, 1.82) is 0 Å². The first kappa shape index (κ1) is 20.2. The summed E-state index contributed by atoms with van der Waals surface area (Å²) in [6.45, 7) is 1.81. The molecule has 0 spiro atoms. The predicted octanol–water partition coefficient (Wildman–Crippen LogP) is 2.82. The highest BCUT2D eigenvalue weighted by Gasteiger charge is 2.28. The average Bonchev–Trinajstić information content (AvgIpc) is 3.21. The second kappa shape index (κ2) is 9.56. The third-order valence-corrected chi connectivity index (χ3v) is 4.68. The van der Waals surface area contributed by atoms with Gasteiger partial charge in [0.15, 0.2) is 11.0 Å². The van der Waals surface area contributed by atoms with Crippen LogP contribution in [0.2, 0.25) is 0 Å². The van der Waals surface area contributed by atoms with Gasteiger partial charge in [-0.1, -0.05) is 47.7 Å². The van der Waals surface area contributed by atoms with Crippen LogP contribution < -0.4 is 10.6 Å². The van der Waals surface area contributed by atoms with E-state index in [1.165, 1.54) is 0 Å². The van der Waals surface area contributed by atoms with Gasteiger partial charge >= 0.3 is 5.97 Å². The molecule has 2 N–H and O–H groups in total. The van der Waals surface area contributed by atoms with Gasteiger partial charge in [0.2, 0.25) is 5.13 Å². The fourth-order valence-electron chi connectivity index (χ4n) is 2.41. The van der Waals surface area contributed by atoms with Gasteiger partial charge in [0.1, 0.15) is 0 Å². The molecular formula is C20H18N4O4S. The number of hydrogen-bond donors (Lipinski definition) is 2. The number of rotatable bonds is 7. The Bertz CT molecular complexity index is 992. The minimum Gasteiger partial charge on any atom is -0.464 e. The van der Waals surface area contributed by atoms with Crippen molar-refractivity contribution in [2.24, 2.45) is 0 Å². The van der Waals surface area contributed by atoms with Gasteiger partial charge in [0, 0.05) is 11.1 Å². The topological polar surface area (TPSA) is 110 Å². The molecule has 0 aliphatic rings. The molecule has 1 heterocycles. The third kappa shape index (κ3) is 5.23. The molecule has 0 bridgehead atoms. The molecular weight excluding hydrogens is 392 g/mol. The number of nitrogens with one attached hydrogen (secondary N) is 2. The Balaban J connectivity index is 1.77. The summed E-state index contributed by atoms with van der Waals surface area (Å²) in [6, 6.07) is 16.0. The zero-order valence-electron chi connectivity index (χ0n) is 15.5. The van der Waals surface area contributed by atoms with Crippen LogP contribution in [-0.2, 0) is 9.53 Å². The van der Waals surface area contributed by atoms with Crippen molar-refractivity contribution in [3.05, 3.63) is 76.8 Å². The SMILES string of the molecule is CCOC(=O)[C@H](NC(=O)c1ccccc1)c1nnc(NC(=O)c2ccccc2)s1. The lowest BCUT2D eigenvalue weighted by Crippen LogP contribution is -2.35. The fraction of sp³-hybridized carbons (Fsp3) is 0.150. The number of anilines is 1. The molecule has 9 heteroatoms. The van der Waals surface area contributed by atoms with Crippen LogP contribution >= 0.6 is 11.3 Å². The zero-order valence-corrected chi connectivity index (χ0v) is 16.3. The van der Waals surface area contributed by atoms with Crippen molar-refractivity contribution >= 4 is 34.3 Å². The summed E-state index contributed by atoms with van der Waals surface area (Å²) in [7, 11) is 0. The number of nitrogens with zero attached hydrogens (tertiary/aromatic N) is 2. The van der Waals surface area contributed by atoms with Crippen LogP contribution in [0, 0.1) is 0 Å². The molecule has 2 aromatic carbocycles. The maximum Gasteiger partial charge on any atom is 0.335 e. The van der Waals surface area contributed by atoms with Crippen LogP contribution in [0.4, 0.5) is 5.13 Å². The number of benzene rings is 2. The highest BCUT2D eigenvalue weighted by atomic mass is 32.1. The normalized spacial score (nSPS) is 11.3. The summed E-state index contributed by atoms with van der Waals surface area (Å²) in [5, 5.41) is 13.5. The largest absolute Gasteiger partial charge is 0.464 e. The Morgan fingerprint density at radius 2 is 1.52 bits per heavy atom. The summed E-state index contributed by atoms with van der Waals surface area (Å²) in [5.74, 6) is -1.46. The van der Waals surface area contributed by atoms with Crippen LogP contribution in [-0.4, -0.2) is 34.6 Å². The van der Waals surface area contributed by atoms with Crippen molar-refractivity contribution < 1.29 is 19.1 Å². The van der Waals surface area contributed by atoms with Gasteiger partial charge in [-0.05, 0) is 31.2 Å². The number of ether oxygens (including phenoxy) is 1. The number of esters is 1. The molecule has 29 heavy (non-hydrogen) atoms. The summed E-state index contributed by atoms with van der Waals surface area (Å²) in [5.41, 5.74) is 0.854. The van der Waals surface area contributed by atoms with E-state index in [1.54, 1.807) is 67.6 Å². The average molecular weight is 410 g/mol. The zero-order chi connectivity index (χ0) is 20.6. The van der Waals surface area contributed by atoms with E-state index in [4.69, 9.17) is 4.74 Å². The monoisotopic (exact) mass is 410 g/mol. The number of carbonyl (C=O) groups is 3. The van der Waals surface area contributed by atoms with Crippen molar-refractivity contribution in [3.8, 4) is 0 Å². The van der Waals surface area contributed by atoms with E-state index in [1.807, 2.05) is 0 Å². The van der Waals surface area contributed by atoms with Crippen LogP contribution in [0.1, 0.15) is 38.7 Å². The van der Waals surface area contributed by atoms with E-state index >= 15 is 0 Å². The maximum absolute atomic E-state index is 12.5. The lowest BCUT2D eigenvalue weighted by atomic mass is 10.2. The Labute approximate surface area is 170 Å². The number of carbonyl (C=O) groups excluding carboxylic acids is 3. The third-order valence-electron chi connectivity index (χ3n) is 3.78. The van der Waals surface area contributed by atoms with Crippen molar-refractivity contribution in [2.45, 2.75) is 13.0 Å². The summed E-state index contributed by atoms with van der Waals surface area (Å²) in [4.78, 5) is 37.1. The summed E-state index contributed by atoms with van der Waals surface area (Å²) < 4.78 is 5.05. The van der Waals surface area contributed by atoms with Crippen molar-refractivity contribution in [3.63, 3.8) is 0 Å². The highest BCUT2D eigenvalue weighted by molar-refractivity contribution is 7.15. The first-order chi connectivity index (χ1) is 14.1. The summed E-state index contributed by atoms with van der Waals surface area (Å²) in [6.07, 6.45) is 0. The first-order valence-electron chi connectivity index (χ1n) is 8.81. The predicted molar refractivity (Wildman–Crippen MR) is 108 cm³/mol. The van der Waals surface area contributed by atoms with E-state index in [2.05, 4.69) is 20.8 Å². The Hall–Kier alpha value is -3.59. The minimum atomic E-state index is -1.14. The molecule has 0 fully saturated rings. The van der Waals surface area contributed by atoms with Crippen LogP contribution in [0.5, 0.6) is 0 Å². The molecule has 8 nitrogen and oxygen atoms in total. The first-order valence-corrected chi connectivity index (χ1v) is 9.62. The van der Waals surface area contributed by atoms with Gasteiger partial charge in [0.25, 0.3) is 11.8 Å². The van der Waals surface area contributed by atoms with Gasteiger partial charge in [-0.2, -0.15) is 0 Å².